The first-order valence-corrected chi connectivity index (χ1v) is 9.97. The van der Waals surface area contributed by atoms with Gasteiger partial charge in [0.1, 0.15) is 0 Å². The lowest BCUT2D eigenvalue weighted by Gasteiger charge is -2.24. The van der Waals surface area contributed by atoms with Gasteiger partial charge in [-0.25, -0.2) is 0 Å². The van der Waals surface area contributed by atoms with Crippen molar-refractivity contribution in [3.05, 3.63) is 105 Å². The normalized spacial score (nSPS) is 13.7. The molecule has 1 aromatic heterocycles. The lowest BCUT2D eigenvalue weighted by molar-refractivity contribution is 0.159. The summed E-state index contributed by atoms with van der Waals surface area (Å²) in [6, 6.07) is 24.2. The van der Waals surface area contributed by atoms with Crippen LogP contribution < -0.4 is 0 Å². The second-order valence-corrected chi connectivity index (χ2v) is 8.15. The minimum absolute atomic E-state index is 0.166. The first kappa shape index (κ1) is 17.5. The molecule has 4 heteroatoms. The fraction of sp³-hybridized carbons (Fsp3) is 0.0909. The predicted molar refractivity (Wildman–Crippen MR) is 113 cm³/mol. The second kappa shape index (κ2) is 7.39. The van der Waals surface area contributed by atoms with E-state index < -0.39 is 6.10 Å². The maximum absolute atomic E-state index is 11.3. The van der Waals surface area contributed by atoms with Crippen LogP contribution in [0.3, 0.4) is 0 Å². The average Bonchev–Trinajstić information content (AvgIpc) is 3.08. The van der Waals surface area contributed by atoms with E-state index in [1.54, 1.807) is 0 Å². The summed E-state index contributed by atoms with van der Waals surface area (Å²) >= 11 is 6.96. The molecule has 0 amide bonds. The Bertz CT molecular complexity index is 1020. The highest BCUT2D eigenvalue weighted by molar-refractivity contribution is 9.10. The Labute approximate surface area is 169 Å². The molecule has 0 fully saturated rings. The minimum atomic E-state index is -0.650. The third-order valence-corrected chi connectivity index (χ3v) is 5.77. The number of hydrogen-bond acceptors (Lipinski definition) is 1. The number of nitrogens with one attached hydrogen (secondary N) is 1. The number of benzene rings is 3. The zero-order chi connectivity index (χ0) is 18.1. The fourth-order valence-corrected chi connectivity index (χ4v) is 3.93. The van der Waals surface area contributed by atoms with Crippen LogP contribution in [0.4, 0.5) is 0 Å². The summed E-state index contributed by atoms with van der Waals surface area (Å²) in [5.74, 6) is -0.166. The zero-order valence-corrected chi connectivity index (χ0v) is 17.0. The molecule has 3 aromatic carbocycles. The predicted octanol–water partition coefficient (Wildman–Crippen LogP) is 6.56. The number of para-hydroxylation sites is 1. The lowest BCUT2D eigenvalue weighted by atomic mass is 9.83. The molecule has 0 aliphatic heterocycles. The van der Waals surface area contributed by atoms with Gasteiger partial charge in [0.05, 0.1) is 6.10 Å². The summed E-state index contributed by atoms with van der Waals surface area (Å²) in [5.41, 5.74) is 4.14. The van der Waals surface area contributed by atoms with Crippen molar-refractivity contribution in [3.63, 3.8) is 0 Å². The second-order valence-electron chi connectivity index (χ2n) is 6.32. The first-order chi connectivity index (χ1) is 12.6. The van der Waals surface area contributed by atoms with Gasteiger partial charge in [0, 0.05) is 32.0 Å². The molecule has 2 atom stereocenters. The Balaban J connectivity index is 1.86. The number of aromatic amines is 1. The molecule has 0 aliphatic rings. The highest BCUT2D eigenvalue weighted by Crippen LogP contribution is 2.40. The van der Waals surface area contributed by atoms with Gasteiger partial charge in [-0.2, -0.15) is 0 Å². The van der Waals surface area contributed by atoms with Gasteiger partial charge in [-0.1, -0.05) is 74.3 Å². The monoisotopic (exact) mass is 469 g/mol. The summed E-state index contributed by atoms with van der Waals surface area (Å²) in [6.07, 6.45) is 1.36. The van der Waals surface area contributed by atoms with Crippen LogP contribution in [-0.2, 0) is 0 Å². The Morgan fingerprint density at radius 1 is 0.731 bits per heavy atom. The minimum Gasteiger partial charge on any atom is -0.387 e. The molecule has 0 aliphatic carbocycles. The molecule has 2 N–H and O–H groups in total. The van der Waals surface area contributed by atoms with Crippen LogP contribution >= 0.6 is 31.9 Å². The van der Waals surface area contributed by atoms with Gasteiger partial charge in [-0.3, -0.25) is 0 Å². The van der Waals surface area contributed by atoms with Crippen molar-refractivity contribution in [2.24, 2.45) is 0 Å². The van der Waals surface area contributed by atoms with Crippen molar-refractivity contribution in [2.45, 2.75) is 12.0 Å². The van der Waals surface area contributed by atoms with Gasteiger partial charge in [-0.05, 0) is 47.0 Å². The molecule has 0 unspecified atom stereocenters. The van der Waals surface area contributed by atoms with E-state index in [-0.39, 0.29) is 5.92 Å². The van der Waals surface area contributed by atoms with Crippen molar-refractivity contribution < 1.29 is 5.11 Å². The standard InChI is InChI=1S/C22H17Br2NO/c23-16-9-5-14(6-10-16)21(22(26)15-7-11-17(24)12-8-15)19-13-25-20-4-2-1-3-18(19)20/h1-13,21-22,25-26H/t21-,22-/m0/s1. The van der Waals surface area contributed by atoms with Gasteiger partial charge in [0.2, 0.25) is 0 Å². The van der Waals surface area contributed by atoms with E-state index in [4.69, 9.17) is 0 Å². The van der Waals surface area contributed by atoms with E-state index in [0.29, 0.717) is 0 Å². The van der Waals surface area contributed by atoms with Crippen LogP contribution in [0, 0.1) is 0 Å². The number of H-pyrrole nitrogens is 1. The van der Waals surface area contributed by atoms with Gasteiger partial charge in [-0.15, -0.1) is 0 Å². The van der Waals surface area contributed by atoms with Crippen LogP contribution in [-0.4, -0.2) is 10.1 Å². The molecule has 0 saturated heterocycles. The maximum Gasteiger partial charge on any atom is 0.0899 e. The number of rotatable bonds is 4. The van der Waals surface area contributed by atoms with E-state index >= 15 is 0 Å². The summed E-state index contributed by atoms with van der Waals surface area (Å²) in [5, 5.41) is 12.4. The fourth-order valence-electron chi connectivity index (χ4n) is 3.41. The Morgan fingerprint density at radius 3 is 1.96 bits per heavy atom. The smallest absolute Gasteiger partial charge is 0.0899 e. The molecular weight excluding hydrogens is 454 g/mol. The number of hydrogen-bond donors (Lipinski definition) is 2. The van der Waals surface area contributed by atoms with E-state index in [1.807, 2.05) is 54.7 Å². The van der Waals surface area contributed by atoms with Crippen molar-refractivity contribution in [1.29, 1.82) is 0 Å². The summed E-state index contributed by atoms with van der Waals surface area (Å²) < 4.78 is 2.03. The number of aromatic nitrogens is 1. The van der Waals surface area contributed by atoms with Crippen molar-refractivity contribution in [3.8, 4) is 0 Å². The van der Waals surface area contributed by atoms with E-state index in [1.165, 1.54) is 0 Å². The van der Waals surface area contributed by atoms with Crippen molar-refractivity contribution in [1.82, 2.24) is 4.98 Å². The third-order valence-electron chi connectivity index (χ3n) is 4.71. The quantitative estimate of drug-likeness (QED) is 0.348. The summed E-state index contributed by atoms with van der Waals surface area (Å²) in [4.78, 5) is 3.34. The molecule has 26 heavy (non-hydrogen) atoms. The molecule has 0 saturated carbocycles. The van der Waals surface area contributed by atoms with E-state index in [0.717, 1.165) is 36.5 Å². The maximum atomic E-state index is 11.3. The molecule has 2 nitrogen and oxygen atoms in total. The molecule has 0 spiro atoms. The van der Waals surface area contributed by atoms with Crippen LogP contribution in [0.1, 0.15) is 28.7 Å². The van der Waals surface area contributed by atoms with Crippen LogP contribution in [0.2, 0.25) is 0 Å². The van der Waals surface area contributed by atoms with Crippen molar-refractivity contribution in [2.75, 3.05) is 0 Å². The molecule has 4 rings (SSSR count). The van der Waals surface area contributed by atoms with Crippen LogP contribution in [0.5, 0.6) is 0 Å². The van der Waals surface area contributed by atoms with Gasteiger partial charge >= 0.3 is 0 Å². The SMILES string of the molecule is O[C@@H](c1ccc(Br)cc1)[C@@H](c1ccc(Br)cc1)c1c[nH]c2ccccc12. The van der Waals surface area contributed by atoms with Gasteiger partial charge in [0.15, 0.2) is 0 Å². The molecule has 0 bridgehead atoms. The topological polar surface area (TPSA) is 36.0 Å². The van der Waals surface area contributed by atoms with Gasteiger partial charge in [0.25, 0.3) is 0 Å². The molecular formula is C22H17Br2NO. The Morgan fingerprint density at radius 2 is 1.31 bits per heavy atom. The number of aliphatic hydroxyl groups is 1. The highest BCUT2D eigenvalue weighted by Gasteiger charge is 2.27. The van der Waals surface area contributed by atoms with E-state index in [9.17, 15) is 5.11 Å². The molecule has 130 valence electrons. The van der Waals surface area contributed by atoms with Crippen LogP contribution in [0.25, 0.3) is 10.9 Å². The number of fused-ring (bicyclic) bond motifs is 1. The highest BCUT2D eigenvalue weighted by atomic mass is 79.9. The van der Waals surface area contributed by atoms with Crippen molar-refractivity contribution >= 4 is 42.8 Å². The summed E-state index contributed by atoms with van der Waals surface area (Å²) in [7, 11) is 0. The van der Waals surface area contributed by atoms with Crippen LogP contribution in [0.15, 0.2) is 87.9 Å². The molecule has 4 aromatic rings. The Hall–Kier alpha value is -1.88. The number of halogens is 2. The Kier molecular flexibility index (Phi) is 4.98. The van der Waals surface area contributed by atoms with E-state index in [2.05, 4.69) is 61.1 Å². The largest absolute Gasteiger partial charge is 0.387 e. The molecule has 1 heterocycles. The number of aliphatic hydroxyl groups excluding tert-OH is 1. The summed E-state index contributed by atoms with van der Waals surface area (Å²) in [6.45, 7) is 0. The third kappa shape index (κ3) is 3.37. The molecule has 0 radical (unpaired) electrons. The first-order valence-electron chi connectivity index (χ1n) is 8.38. The van der Waals surface area contributed by atoms with Gasteiger partial charge < -0.3 is 10.1 Å². The zero-order valence-electron chi connectivity index (χ0n) is 13.9. The lowest BCUT2D eigenvalue weighted by Crippen LogP contribution is -2.12. The average molecular weight is 471 g/mol.